The van der Waals surface area contributed by atoms with E-state index in [0.29, 0.717) is 24.1 Å². The number of hydrogen-bond donors (Lipinski definition) is 1. The summed E-state index contributed by atoms with van der Waals surface area (Å²) in [5.41, 5.74) is 1.71. The predicted octanol–water partition coefficient (Wildman–Crippen LogP) is 3.04. The Morgan fingerprint density at radius 2 is 2.14 bits per heavy atom. The largest absolute Gasteiger partial charge is 0.375 e. The second-order valence-corrected chi connectivity index (χ2v) is 5.40. The Morgan fingerprint density at radius 3 is 2.91 bits per heavy atom. The molecule has 0 bridgehead atoms. The van der Waals surface area contributed by atoms with Gasteiger partial charge in [-0.2, -0.15) is 4.98 Å². The third kappa shape index (κ3) is 3.52. The summed E-state index contributed by atoms with van der Waals surface area (Å²) in [6.07, 6.45) is 1.71. The molecule has 0 atom stereocenters. The molecule has 22 heavy (non-hydrogen) atoms. The van der Waals surface area contributed by atoms with E-state index in [1.807, 2.05) is 0 Å². The summed E-state index contributed by atoms with van der Waals surface area (Å²) in [6.45, 7) is 0.299. The number of rotatable bonds is 6. The van der Waals surface area contributed by atoms with Crippen molar-refractivity contribution in [2.24, 2.45) is 0 Å². The number of methoxy groups -OCH3 is 1. The van der Waals surface area contributed by atoms with Crippen molar-refractivity contribution in [3.05, 3.63) is 48.0 Å². The van der Waals surface area contributed by atoms with Gasteiger partial charge in [0.05, 0.1) is 17.6 Å². The third-order valence-electron chi connectivity index (χ3n) is 2.82. The van der Waals surface area contributed by atoms with Crippen LogP contribution < -0.4 is 0 Å². The number of aromatic amines is 1. The third-order valence-corrected chi connectivity index (χ3v) is 3.71. The Labute approximate surface area is 130 Å². The van der Waals surface area contributed by atoms with Gasteiger partial charge in [-0.1, -0.05) is 16.9 Å². The highest BCUT2D eigenvalue weighted by atomic mass is 32.2. The molecule has 2 heterocycles. The fourth-order valence-electron chi connectivity index (χ4n) is 1.82. The van der Waals surface area contributed by atoms with Crippen LogP contribution >= 0.6 is 11.8 Å². The Balaban J connectivity index is 1.62. The molecule has 0 saturated carbocycles. The standard InChI is InChI=1S/C14H13FN4O2S/c1-20-7-13-18-12(19-21-13)8-22-14-16-6-11(17-14)9-2-4-10(15)5-3-9/h2-6H,7-8H2,1H3,(H,16,17). The van der Waals surface area contributed by atoms with Crippen molar-refractivity contribution < 1.29 is 13.7 Å². The van der Waals surface area contributed by atoms with Crippen LogP contribution in [-0.4, -0.2) is 27.2 Å². The smallest absolute Gasteiger partial charge is 0.252 e. The van der Waals surface area contributed by atoms with Crippen molar-refractivity contribution in [2.45, 2.75) is 17.5 Å². The van der Waals surface area contributed by atoms with Crippen molar-refractivity contribution in [1.29, 1.82) is 0 Å². The van der Waals surface area contributed by atoms with Gasteiger partial charge in [-0.25, -0.2) is 9.37 Å². The number of aromatic nitrogens is 4. The molecule has 0 unspecified atom stereocenters. The van der Waals surface area contributed by atoms with E-state index in [2.05, 4.69) is 20.1 Å². The Hall–Kier alpha value is -2.19. The predicted molar refractivity (Wildman–Crippen MR) is 78.6 cm³/mol. The summed E-state index contributed by atoms with van der Waals surface area (Å²) in [7, 11) is 1.57. The SMILES string of the molecule is COCc1nc(CSc2ncc(-c3ccc(F)cc3)[nH]2)no1. The minimum atomic E-state index is -0.262. The number of ether oxygens (including phenoxy) is 1. The first-order valence-electron chi connectivity index (χ1n) is 6.49. The van der Waals surface area contributed by atoms with Crippen LogP contribution in [-0.2, 0) is 17.1 Å². The van der Waals surface area contributed by atoms with E-state index < -0.39 is 0 Å². The van der Waals surface area contributed by atoms with Crippen LogP contribution in [0.2, 0.25) is 0 Å². The zero-order valence-electron chi connectivity index (χ0n) is 11.7. The first-order valence-corrected chi connectivity index (χ1v) is 7.47. The number of hydrogen-bond acceptors (Lipinski definition) is 6. The summed E-state index contributed by atoms with van der Waals surface area (Å²) in [5, 5.41) is 4.59. The van der Waals surface area contributed by atoms with Crippen LogP contribution in [0.5, 0.6) is 0 Å². The van der Waals surface area contributed by atoms with Gasteiger partial charge in [-0.3, -0.25) is 0 Å². The summed E-state index contributed by atoms with van der Waals surface area (Å²) >= 11 is 1.46. The van der Waals surface area contributed by atoms with E-state index in [-0.39, 0.29) is 5.82 Å². The van der Waals surface area contributed by atoms with Crippen molar-refractivity contribution in [1.82, 2.24) is 20.1 Å². The lowest BCUT2D eigenvalue weighted by atomic mass is 10.2. The highest BCUT2D eigenvalue weighted by Crippen LogP contribution is 2.23. The fourth-order valence-corrected chi connectivity index (χ4v) is 2.51. The molecule has 114 valence electrons. The molecule has 0 aliphatic carbocycles. The molecule has 0 aliphatic heterocycles. The molecule has 0 fully saturated rings. The van der Waals surface area contributed by atoms with Crippen molar-refractivity contribution >= 4 is 11.8 Å². The van der Waals surface area contributed by atoms with E-state index in [1.165, 1.54) is 23.9 Å². The molecule has 0 radical (unpaired) electrons. The molecule has 1 N–H and O–H groups in total. The summed E-state index contributed by atoms with van der Waals surface area (Å²) in [4.78, 5) is 11.6. The van der Waals surface area contributed by atoms with Gasteiger partial charge < -0.3 is 14.2 Å². The molecule has 3 aromatic rings. The van der Waals surface area contributed by atoms with Gasteiger partial charge in [-0.05, 0) is 29.8 Å². The van der Waals surface area contributed by atoms with Crippen LogP contribution in [0.1, 0.15) is 11.7 Å². The Kier molecular flexibility index (Phi) is 4.50. The number of halogens is 1. The van der Waals surface area contributed by atoms with Crippen LogP contribution in [0.25, 0.3) is 11.3 Å². The fraction of sp³-hybridized carbons (Fsp3) is 0.214. The van der Waals surface area contributed by atoms with Crippen LogP contribution in [0, 0.1) is 5.82 Å². The molecule has 6 nitrogen and oxygen atoms in total. The molecule has 3 rings (SSSR count). The van der Waals surface area contributed by atoms with Crippen LogP contribution in [0.3, 0.4) is 0 Å². The monoisotopic (exact) mass is 320 g/mol. The quantitative estimate of drug-likeness (QED) is 0.704. The maximum absolute atomic E-state index is 12.9. The summed E-state index contributed by atoms with van der Waals surface area (Å²) in [6, 6.07) is 6.24. The molecule has 0 aliphatic rings. The Morgan fingerprint density at radius 1 is 1.32 bits per heavy atom. The van der Waals surface area contributed by atoms with Crippen molar-refractivity contribution in [3.8, 4) is 11.3 Å². The first kappa shape index (κ1) is 14.7. The van der Waals surface area contributed by atoms with E-state index in [0.717, 1.165) is 16.4 Å². The van der Waals surface area contributed by atoms with Gasteiger partial charge in [0.25, 0.3) is 5.89 Å². The minimum absolute atomic E-state index is 0.262. The van der Waals surface area contributed by atoms with Gasteiger partial charge in [0.2, 0.25) is 0 Å². The van der Waals surface area contributed by atoms with E-state index in [1.54, 1.807) is 25.4 Å². The average molecular weight is 320 g/mol. The van der Waals surface area contributed by atoms with Gasteiger partial charge in [0, 0.05) is 7.11 Å². The molecule has 8 heteroatoms. The topological polar surface area (TPSA) is 76.8 Å². The number of nitrogens with zero attached hydrogens (tertiary/aromatic N) is 3. The van der Waals surface area contributed by atoms with Gasteiger partial charge in [0.15, 0.2) is 11.0 Å². The number of benzene rings is 1. The van der Waals surface area contributed by atoms with Crippen LogP contribution in [0.4, 0.5) is 4.39 Å². The normalized spacial score (nSPS) is 11.0. The second kappa shape index (κ2) is 6.71. The zero-order chi connectivity index (χ0) is 15.4. The molecular weight excluding hydrogens is 307 g/mol. The summed E-state index contributed by atoms with van der Waals surface area (Å²) < 4.78 is 22.8. The molecule has 0 spiro atoms. The van der Waals surface area contributed by atoms with Gasteiger partial charge in [-0.15, -0.1) is 0 Å². The molecule has 0 amide bonds. The number of H-pyrrole nitrogens is 1. The number of thioether (sulfide) groups is 1. The van der Waals surface area contributed by atoms with E-state index in [4.69, 9.17) is 9.26 Å². The van der Waals surface area contributed by atoms with Crippen molar-refractivity contribution in [3.63, 3.8) is 0 Å². The summed E-state index contributed by atoms with van der Waals surface area (Å²) in [5.74, 6) is 1.30. The van der Waals surface area contributed by atoms with Gasteiger partial charge >= 0.3 is 0 Å². The molecule has 1 aromatic carbocycles. The molecule has 2 aromatic heterocycles. The van der Waals surface area contributed by atoms with E-state index in [9.17, 15) is 4.39 Å². The lowest BCUT2D eigenvalue weighted by Gasteiger charge is -1.96. The maximum Gasteiger partial charge on any atom is 0.252 e. The Bertz CT molecular complexity index is 741. The highest BCUT2D eigenvalue weighted by molar-refractivity contribution is 7.98. The highest BCUT2D eigenvalue weighted by Gasteiger charge is 2.09. The maximum atomic E-state index is 12.9. The zero-order valence-corrected chi connectivity index (χ0v) is 12.6. The second-order valence-electron chi connectivity index (χ2n) is 4.43. The minimum Gasteiger partial charge on any atom is -0.375 e. The first-order chi connectivity index (χ1) is 10.7. The van der Waals surface area contributed by atoms with Crippen molar-refractivity contribution in [2.75, 3.05) is 7.11 Å². The van der Waals surface area contributed by atoms with E-state index >= 15 is 0 Å². The van der Waals surface area contributed by atoms with Gasteiger partial charge in [0.1, 0.15) is 12.4 Å². The number of nitrogens with one attached hydrogen (secondary N) is 1. The molecular formula is C14H13FN4O2S. The lowest BCUT2D eigenvalue weighted by molar-refractivity contribution is 0.151. The molecule has 0 saturated heterocycles. The van der Waals surface area contributed by atoms with Crippen LogP contribution in [0.15, 0.2) is 40.1 Å². The lowest BCUT2D eigenvalue weighted by Crippen LogP contribution is -1.89. The average Bonchev–Trinajstić information content (AvgIpc) is 3.16. The number of imidazole rings is 1.